The van der Waals surface area contributed by atoms with E-state index >= 15 is 0 Å². The van der Waals surface area contributed by atoms with Gasteiger partial charge in [-0.1, -0.05) is 12.8 Å². The smallest absolute Gasteiger partial charge is 0.248 e. The lowest BCUT2D eigenvalue weighted by Gasteiger charge is -2.31. The third-order valence-electron chi connectivity index (χ3n) is 3.61. The van der Waals surface area contributed by atoms with Crippen molar-refractivity contribution in [3.05, 3.63) is 0 Å². The molecule has 0 aromatic rings. The number of hydrogen-bond donors (Lipinski definition) is 1. The Balaban J connectivity index is 2.35. The molecule has 0 heterocycles. The molecule has 0 aromatic carbocycles. The number of carbonyl (C=O) groups is 1. The Bertz CT molecular complexity index is 229. The first-order chi connectivity index (χ1) is 8.22. The monoisotopic (exact) mass is 242 g/mol. The zero-order valence-electron chi connectivity index (χ0n) is 11.4. The summed E-state index contributed by atoms with van der Waals surface area (Å²) < 4.78 is 5.78. The minimum atomic E-state index is 0.107. The standard InChI is InChI=1S/C13H26N2O2/c1-4-15(5-2)13(16)10-17-12-9-7-6-8-11(12)14-3/h11-12,14H,4-10H2,1-3H3. The minimum absolute atomic E-state index is 0.107. The Hall–Kier alpha value is -0.610. The van der Waals surface area contributed by atoms with Crippen LogP contribution in [-0.4, -0.2) is 49.7 Å². The second-order valence-electron chi connectivity index (χ2n) is 4.60. The Kier molecular flexibility index (Phi) is 6.52. The molecule has 1 aliphatic rings. The number of hydrogen-bond acceptors (Lipinski definition) is 3. The maximum absolute atomic E-state index is 11.8. The van der Waals surface area contributed by atoms with Gasteiger partial charge >= 0.3 is 0 Å². The van der Waals surface area contributed by atoms with E-state index in [0.29, 0.717) is 6.04 Å². The summed E-state index contributed by atoms with van der Waals surface area (Å²) >= 11 is 0. The van der Waals surface area contributed by atoms with Crippen molar-refractivity contribution in [3.8, 4) is 0 Å². The summed E-state index contributed by atoms with van der Waals surface area (Å²) in [7, 11) is 1.97. The first kappa shape index (κ1) is 14.5. The lowest BCUT2D eigenvalue weighted by atomic mass is 9.92. The number of likely N-dealkylation sites (N-methyl/N-ethyl adjacent to an activating group) is 2. The van der Waals surface area contributed by atoms with E-state index in [9.17, 15) is 4.79 Å². The predicted octanol–water partition coefficient (Wildman–Crippen LogP) is 1.40. The normalized spacial score (nSPS) is 24.6. The van der Waals surface area contributed by atoms with Gasteiger partial charge in [0.25, 0.3) is 0 Å². The van der Waals surface area contributed by atoms with E-state index in [1.54, 1.807) is 0 Å². The molecule has 1 rings (SSSR count). The molecule has 2 unspecified atom stereocenters. The van der Waals surface area contributed by atoms with E-state index in [1.807, 2.05) is 25.8 Å². The summed E-state index contributed by atoms with van der Waals surface area (Å²) in [5.41, 5.74) is 0. The van der Waals surface area contributed by atoms with Crippen LogP contribution in [0.5, 0.6) is 0 Å². The summed E-state index contributed by atoms with van der Waals surface area (Å²) in [5.74, 6) is 0.107. The van der Waals surface area contributed by atoms with Crippen LogP contribution in [0.15, 0.2) is 0 Å². The van der Waals surface area contributed by atoms with Crippen molar-refractivity contribution < 1.29 is 9.53 Å². The topological polar surface area (TPSA) is 41.6 Å². The van der Waals surface area contributed by atoms with E-state index in [2.05, 4.69) is 5.32 Å². The molecule has 100 valence electrons. The Labute approximate surface area is 105 Å². The molecule has 1 aliphatic carbocycles. The predicted molar refractivity (Wildman–Crippen MR) is 69.0 cm³/mol. The van der Waals surface area contributed by atoms with Crippen LogP contribution in [0.4, 0.5) is 0 Å². The van der Waals surface area contributed by atoms with Crippen LogP contribution in [0.1, 0.15) is 39.5 Å². The van der Waals surface area contributed by atoms with Gasteiger partial charge in [0.15, 0.2) is 0 Å². The Morgan fingerprint density at radius 2 is 1.94 bits per heavy atom. The molecule has 4 heteroatoms. The molecule has 1 fully saturated rings. The lowest BCUT2D eigenvalue weighted by molar-refractivity contribution is -0.139. The van der Waals surface area contributed by atoms with Crippen molar-refractivity contribution in [1.82, 2.24) is 10.2 Å². The van der Waals surface area contributed by atoms with Crippen molar-refractivity contribution in [3.63, 3.8) is 0 Å². The molecule has 0 spiro atoms. The molecular formula is C13H26N2O2. The van der Waals surface area contributed by atoms with Crippen LogP contribution in [0, 0.1) is 0 Å². The molecular weight excluding hydrogens is 216 g/mol. The second-order valence-corrected chi connectivity index (χ2v) is 4.60. The average molecular weight is 242 g/mol. The van der Waals surface area contributed by atoms with Gasteiger partial charge in [0, 0.05) is 19.1 Å². The number of carbonyl (C=O) groups excluding carboxylic acids is 1. The van der Waals surface area contributed by atoms with Gasteiger partial charge in [-0.25, -0.2) is 0 Å². The van der Waals surface area contributed by atoms with Crippen molar-refractivity contribution in [2.24, 2.45) is 0 Å². The zero-order valence-corrected chi connectivity index (χ0v) is 11.4. The first-order valence-corrected chi connectivity index (χ1v) is 6.79. The lowest BCUT2D eigenvalue weighted by Crippen LogP contribution is -2.44. The van der Waals surface area contributed by atoms with Crippen molar-refractivity contribution in [2.75, 3.05) is 26.7 Å². The van der Waals surface area contributed by atoms with Gasteiger partial charge in [-0.15, -0.1) is 0 Å². The highest BCUT2D eigenvalue weighted by molar-refractivity contribution is 5.77. The molecule has 17 heavy (non-hydrogen) atoms. The number of nitrogens with one attached hydrogen (secondary N) is 1. The molecule has 1 N–H and O–H groups in total. The second kappa shape index (κ2) is 7.67. The van der Waals surface area contributed by atoms with Gasteiger partial charge < -0.3 is 15.0 Å². The molecule has 0 saturated heterocycles. The highest BCUT2D eigenvalue weighted by atomic mass is 16.5. The Morgan fingerprint density at radius 3 is 2.53 bits per heavy atom. The quantitative estimate of drug-likeness (QED) is 0.765. The maximum Gasteiger partial charge on any atom is 0.248 e. The van der Waals surface area contributed by atoms with Crippen LogP contribution in [0.2, 0.25) is 0 Å². The van der Waals surface area contributed by atoms with E-state index in [-0.39, 0.29) is 18.6 Å². The number of nitrogens with zero attached hydrogens (tertiary/aromatic N) is 1. The van der Waals surface area contributed by atoms with Crippen molar-refractivity contribution >= 4 is 5.91 Å². The minimum Gasteiger partial charge on any atom is -0.367 e. The summed E-state index contributed by atoms with van der Waals surface area (Å²) in [5, 5.41) is 3.29. The molecule has 0 radical (unpaired) electrons. The van der Waals surface area contributed by atoms with E-state index in [0.717, 1.165) is 25.9 Å². The van der Waals surface area contributed by atoms with Crippen LogP contribution < -0.4 is 5.32 Å². The molecule has 0 aromatic heterocycles. The third kappa shape index (κ3) is 4.28. The fourth-order valence-electron chi connectivity index (χ4n) is 2.47. The van der Waals surface area contributed by atoms with Crippen molar-refractivity contribution in [2.45, 2.75) is 51.7 Å². The van der Waals surface area contributed by atoms with Crippen molar-refractivity contribution in [1.29, 1.82) is 0 Å². The fraction of sp³-hybridized carbons (Fsp3) is 0.923. The van der Waals surface area contributed by atoms with Gasteiger partial charge in [0.05, 0.1) is 6.10 Å². The molecule has 1 amide bonds. The SMILES string of the molecule is CCN(CC)C(=O)COC1CCCCC1NC. The maximum atomic E-state index is 11.8. The molecule has 4 nitrogen and oxygen atoms in total. The highest BCUT2D eigenvalue weighted by Gasteiger charge is 2.25. The molecule has 2 atom stereocenters. The van der Waals surface area contributed by atoms with Crippen LogP contribution in [0.25, 0.3) is 0 Å². The largest absolute Gasteiger partial charge is 0.367 e. The summed E-state index contributed by atoms with van der Waals surface area (Å²) in [6, 6.07) is 0.410. The summed E-state index contributed by atoms with van der Waals surface area (Å²) in [6.07, 6.45) is 4.89. The number of rotatable bonds is 6. The van der Waals surface area contributed by atoms with E-state index in [4.69, 9.17) is 4.74 Å². The zero-order chi connectivity index (χ0) is 12.7. The Morgan fingerprint density at radius 1 is 1.29 bits per heavy atom. The third-order valence-corrected chi connectivity index (χ3v) is 3.61. The number of amides is 1. The van der Waals surface area contributed by atoms with Gasteiger partial charge in [0.1, 0.15) is 6.61 Å². The molecule has 1 saturated carbocycles. The van der Waals surface area contributed by atoms with Crippen LogP contribution in [0.3, 0.4) is 0 Å². The summed E-state index contributed by atoms with van der Waals surface area (Å²) in [4.78, 5) is 13.6. The fourth-order valence-corrected chi connectivity index (χ4v) is 2.47. The molecule has 0 bridgehead atoms. The van der Waals surface area contributed by atoms with Gasteiger partial charge in [-0.2, -0.15) is 0 Å². The average Bonchev–Trinajstić information content (AvgIpc) is 2.38. The number of ether oxygens (including phenoxy) is 1. The van der Waals surface area contributed by atoms with E-state index in [1.165, 1.54) is 12.8 Å². The van der Waals surface area contributed by atoms with Crippen LogP contribution in [-0.2, 0) is 9.53 Å². The van der Waals surface area contributed by atoms with Gasteiger partial charge in [-0.3, -0.25) is 4.79 Å². The van der Waals surface area contributed by atoms with Gasteiger partial charge in [-0.05, 0) is 33.7 Å². The van der Waals surface area contributed by atoms with Crippen LogP contribution >= 0.6 is 0 Å². The van der Waals surface area contributed by atoms with E-state index < -0.39 is 0 Å². The first-order valence-electron chi connectivity index (χ1n) is 6.79. The van der Waals surface area contributed by atoms with Gasteiger partial charge in [0.2, 0.25) is 5.91 Å². The summed E-state index contributed by atoms with van der Waals surface area (Å²) in [6.45, 7) is 5.75. The molecule has 0 aliphatic heterocycles. The highest BCUT2D eigenvalue weighted by Crippen LogP contribution is 2.21.